The van der Waals surface area contributed by atoms with Crippen molar-refractivity contribution >= 4 is 11.7 Å². The molecule has 0 saturated carbocycles. The van der Waals surface area contributed by atoms with Gasteiger partial charge in [-0.05, 0) is 51.0 Å². The monoisotopic (exact) mass is 207 g/mol. The minimum Gasteiger partial charge on any atom is -0.459 e. The highest BCUT2D eigenvalue weighted by molar-refractivity contribution is 5.92. The van der Waals surface area contributed by atoms with Gasteiger partial charge in [0, 0.05) is 5.69 Å². The Morgan fingerprint density at radius 2 is 1.93 bits per heavy atom. The van der Waals surface area contributed by atoms with Crippen LogP contribution in [-0.4, -0.2) is 12.1 Å². The number of ether oxygens (including phenoxy) is 1. The van der Waals surface area contributed by atoms with E-state index in [9.17, 15) is 4.79 Å². The van der Waals surface area contributed by atoms with Gasteiger partial charge in [0.05, 0.1) is 11.7 Å². The van der Waals surface area contributed by atoms with Crippen LogP contribution in [0.1, 0.15) is 35.3 Å². The average Bonchev–Trinajstić information content (AvgIpc) is 2.09. The summed E-state index contributed by atoms with van der Waals surface area (Å²) in [6, 6.07) is 3.51. The molecule has 0 amide bonds. The molecule has 0 saturated heterocycles. The summed E-state index contributed by atoms with van der Waals surface area (Å²) in [5, 5.41) is 0. The predicted octanol–water partition coefficient (Wildman–Crippen LogP) is 2.45. The van der Waals surface area contributed by atoms with Gasteiger partial charge < -0.3 is 10.5 Å². The molecular formula is C12H17NO2. The average molecular weight is 207 g/mol. The van der Waals surface area contributed by atoms with Crippen molar-refractivity contribution in [1.29, 1.82) is 0 Å². The van der Waals surface area contributed by atoms with Crippen LogP contribution < -0.4 is 5.73 Å². The molecule has 3 nitrogen and oxygen atoms in total. The maximum Gasteiger partial charge on any atom is 0.338 e. The predicted molar refractivity (Wildman–Crippen MR) is 60.9 cm³/mol. The van der Waals surface area contributed by atoms with Gasteiger partial charge in [-0.2, -0.15) is 0 Å². The second kappa shape index (κ2) is 4.34. The number of hydrogen-bond donors (Lipinski definition) is 1. The molecule has 0 aliphatic heterocycles. The maximum absolute atomic E-state index is 11.7. The zero-order chi connectivity index (χ0) is 11.6. The second-order valence-corrected chi connectivity index (χ2v) is 3.96. The number of carbonyl (C=O) groups excluding carboxylic acids is 1. The van der Waals surface area contributed by atoms with E-state index in [4.69, 9.17) is 10.5 Å². The molecule has 1 aromatic carbocycles. The van der Waals surface area contributed by atoms with Gasteiger partial charge in [0.15, 0.2) is 0 Å². The van der Waals surface area contributed by atoms with E-state index in [-0.39, 0.29) is 12.1 Å². The Kier molecular flexibility index (Phi) is 3.35. The first-order valence-electron chi connectivity index (χ1n) is 4.99. The van der Waals surface area contributed by atoms with Gasteiger partial charge in [-0.1, -0.05) is 0 Å². The van der Waals surface area contributed by atoms with Crippen LogP contribution in [-0.2, 0) is 4.74 Å². The fourth-order valence-electron chi connectivity index (χ4n) is 1.38. The zero-order valence-electron chi connectivity index (χ0n) is 9.63. The molecule has 82 valence electrons. The molecule has 3 heteroatoms. The zero-order valence-corrected chi connectivity index (χ0v) is 9.63. The van der Waals surface area contributed by atoms with E-state index in [2.05, 4.69) is 0 Å². The van der Waals surface area contributed by atoms with Crippen LogP contribution in [0.3, 0.4) is 0 Å². The van der Waals surface area contributed by atoms with Gasteiger partial charge in [-0.25, -0.2) is 4.79 Å². The number of esters is 1. The van der Waals surface area contributed by atoms with E-state index >= 15 is 0 Å². The summed E-state index contributed by atoms with van der Waals surface area (Å²) in [6.07, 6.45) is -0.112. The number of aryl methyl sites for hydroxylation is 1. The number of anilines is 1. The lowest BCUT2D eigenvalue weighted by Gasteiger charge is -2.12. The van der Waals surface area contributed by atoms with Crippen molar-refractivity contribution in [2.75, 3.05) is 5.73 Å². The number of carbonyl (C=O) groups is 1. The summed E-state index contributed by atoms with van der Waals surface area (Å²) in [6.45, 7) is 7.47. The van der Waals surface area contributed by atoms with Crippen molar-refractivity contribution in [1.82, 2.24) is 0 Å². The Morgan fingerprint density at radius 3 is 2.47 bits per heavy atom. The van der Waals surface area contributed by atoms with Crippen molar-refractivity contribution in [3.63, 3.8) is 0 Å². The van der Waals surface area contributed by atoms with Crippen molar-refractivity contribution in [2.24, 2.45) is 0 Å². The molecule has 0 fully saturated rings. The molecule has 0 unspecified atom stereocenters. The number of nitrogen functional groups attached to an aromatic ring is 1. The van der Waals surface area contributed by atoms with E-state index in [0.29, 0.717) is 11.3 Å². The minimum absolute atomic E-state index is 0.112. The summed E-state index contributed by atoms with van der Waals surface area (Å²) >= 11 is 0. The molecule has 0 atom stereocenters. The Labute approximate surface area is 90.2 Å². The Hall–Kier alpha value is -1.51. The van der Waals surface area contributed by atoms with E-state index < -0.39 is 0 Å². The number of benzene rings is 1. The molecular weight excluding hydrogens is 190 g/mol. The SMILES string of the molecule is Cc1cc(N)cc(C(=O)OC(C)C)c1C. The fraction of sp³-hybridized carbons (Fsp3) is 0.417. The lowest BCUT2D eigenvalue weighted by atomic mass is 10.0. The van der Waals surface area contributed by atoms with Crippen LogP contribution >= 0.6 is 0 Å². The molecule has 0 spiro atoms. The van der Waals surface area contributed by atoms with E-state index in [0.717, 1.165) is 11.1 Å². The largest absolute Gasteiger partial charge is 0.459 e. The molecule has 0 aliphatic carbocycles. The van der Waals surface area contributed by atoms with Crippen LogP contribution in [0.25, 0.3) is 0 Å². The lowest BCUT2D eigenvalue weighted by Crippen LogP contribution is -2.13. The fourth-order valence-corrected chi connectivity index (χ4v) is 1.38. The quantitative estimate of drug-likeness (QED) is 0.598. The topological polar surface area (TPSA) is 52.3 Å². The third-order valence-corrected chi connectivity index (χ3v) is 2.25. The smallest absolute Gasteiger partial charge is 0.338 e. The second-order valence-electron chi connectivity index (χ2n) is 3.96. The van der Waals surface area contributed by atoms with Gasteiger partial charge in [0.1, 0.15) is 0 Å². The number of rotatable bonds is 2. The van der Waals surface area contributed by atoms with Crippen molar-refractivity contribution in [2.45, 2.75) is 33.8 Å². The van der Waals surface area contributed by atoms with Crippen LogP contribution in [0.4, 0.5) is 5.69 Å². The van der Waals surface area contributed by atoms with Crippen molar-refractivity contribution < 1.29 is 9.53 Å². The van der Waals surface area contributed by atoms with Crippen LogP contribution in [0.15, 0.2) is 12.1 Å². The van der Waals surface area contributed by atoms with Crippen molar-refractivity contribution in [3.8, 4) is 0 Å². The normalized spacial score (nSPS) is 10.5. The van der Waals surface area contributed by atoms with Gasteiger partial charge in [-0.3, -0.25) is 0 Å². The highest BCUT2D eigenvalue weighted by Crippen LogP contribution is 2.19. The molecule has 2 N–H and O–H groups in total. The molecule has 0 radical (unpaired) electrons. The molecule has 0 aliphatic rings. The molecule has 0 aromatic heterocycles. The first kappa shape index (κ1) is 11.6. The lowest BCUT2D eigenvalue weighted by molar-refractivity contribution is 0.0377. The van der Waals surface area contributed by atoms with Crippen molar-refractivity contribution in [3.05, 3.63) is 28.8 Å². The molecule has 0 heterocycles. The third-order valence-electron chi connectivity index (χ3n) is 2.25. The minimum atomic E-state index is -0.307. The first-order valence-corrected chi connectivity index (χ1v) is 4.99. The summed E-state index contributed by atoms with van der Waals surface area (Å²) in [5.74, 6) is -0.307. The Bertz CT molecular complexity index is 383. The van der Waals surface area contributed by atoms with E-state index in [1.807, 2.05) is 33.8 Å². The first-order chi connectivity index (χ1) is 6.91. The molecule has 1 rings (SSSR count). The third kappa shape index (κ3) is 2.72. The summed E-state index contributed by atoms with van der Waals surface area (Å²) in [5.41, 5.74) is 8.77. The Morgan fingerprint density at radius 1 is 1.33 bits per heavy atom. The van der Waals surface area contributed by atoms with Gasteiger partial charge in [0.25, 0.3) is 0 Å². The number of nitrogens with two attached hydrogens (primary N) is 1. The van der Waals surface area contributed by atoms with Gasteiger partial charge in [0.2, 0.25) is 0 Å². The highest BCUT2D eigenvalue weighted by atomic mass is 16.5. The maximum atomic E-state index is 11.7. The van der Waals surface area contributed by atoms with Gasteiger partial charge >= 0.3 is 5.97 Å². The molecule has 0 bridgehead atoms. The van der Waals surface area contributed by atoms with Crippen LogP contribution in [0, 0.1) is 13.8 Å². The number of hydrogen-bond acceptors (Lipinski definition) is 3. The van der Waals surface area contributed by atoms with Crippen LogP contribution in [0.2, 0.25) is 0 Å². The van der Waals surface area contributed by atoms with Gasteiger partial charge in [-0.15, -0.1) is 0 Å². The molecule has 15 heavy (non-hydrogen) atoms. The Balaban J connectivity index is 3.08. The summed E-state index contributed by atoms with van der Waals surface area (Å²) in [4.78, 5) is 11.7. The summed E-state index contributed by atoms with van der Waals surface area (Å²) < 4.78 is 5.13. The van der Waals surface area contributed by atoms with Crippen LogP contribution in [0.5, 0.6) is 0 Å². The molecule has 1 aromatic rings. The van der Waals surface area contributed by atoms with E-state index in [1.54, 1.807) is 6.07 Å². The standard InChI is InChI=1S/C12H17NO2/c1-7(2)15-12(14)11-6-10(13)5-8(3)9(11)4/h5-7H,13H2,1-4H3. The van der Waals surface area contributed by atoms with E-state index in [1.165, 1.54) is 0 Å². The highest BCUT2D eigenvalue weighted by Gasteiger charge is 2.14. The summed E-state index contributed by atoms with van der Waals surface area (Å²) in [7, 11) is 0.